The van der Waals surface area contributed by atoms with Crippen molar-refractivity contribution in [3.05, 3.63) is 29.8 Å². The number of para-hydroxylation sites is 1. The molecule has 1 aromatic carbocycles. The van der Waals surface area contributed by atoms with Crippen LogP contribution in [-0.4, -0.2) is 60.9 Å². The first-order valence-electron chi connectivity index (χ1n) is 12.1. The van der Waals surface area contributed by atoms with Gasteiger partial charge in [-0.3, -0.25) is 9.59 Å². The van der Waals surface area contributed by atoms with Crippen molar-refractivity contribution < 1.29 is 14.3 Å². The summed E-state index contributed by atoms with van der Waals surface area (Å²) >= 11 is 0. The van der Waals surface area contributed by atoms with Crippen molar-refractivity contribution in [3.8, 4) is 5.75 Å². The highest BCUT2D eigenvalue weighted by atomic mass is 16.5. The first-order chi connectivity index (χ1) is 15.1. The van der Waals surface area contributed by atoms with Gasteiger partial charge in [0, 0.05) is 24.7 Å². The number of nitrogens with zero attached hydrogens (tertiary/aromatic N) is 2. The van der Waals surface area contributed by atoms with Crippen molar-refractivity contribution in [1.29, 1.82) is 0 Å². The van der Waals surface area contributed by atoms with Gasteiger partial charge >= 0.3 is 0 Å². The molecular weight excluding hydrogens is 402 g/mol. The van der Waals surface area contributed by atoms with Crippen LogP contribution in [0, 0.1) is 11.3 Å². The first-order valence-corrected chi connectivity index (χ1v) is 12.1. The Bertz CT molecular complexity index is 799. The van der Waals surface area contributed by atoms with E-state index in [1.54, 1.807) is 4.90 Å². The predicted octanol–water partition coefficient (Wildman–Crippen LogP) is 4.01. The number of nitrogens with one attached hydrogen (secondary N) is 1. The number of benzene rings is 1. The second-order valence-corrected chi connectivity index (χ2v) is 10.9. The van der Waals surface area contributed by atoms with Gasteiger partial charge in [0.25, 0.3) is 5.91 Å². The Morgan fingerprint density at radius 1 is 1.19 bits per heavy atom. The minimum atomic E-state index is -0.689. The highest BCUT2D eigenvalue weighted by molar-refractivity contribution is 5.92. The molecule has 0 bridgehead atoms. The van der Waals surface area contributed by atoms with Crippen molar-refractivity contribution in [3.63, 3.8) is 0 Å². The fraction of sp³-hybridized carbons (Fsp3) is 0.692. The van der Waals surface area contributed by atoms with E-state index in [4.69, 9.17) is 4.74 Å². The summed E-state index contributed by atoms with van der Waals surface area (Å²) in [5, 5.41) is 3.28. The Hall–Kier alpha value is -2.08. The quantitative estimate of drug-likeness (QED) is 0.692. The van der Waals surface area contributed by atoms with Crippen molar-refractivity contribution in [2.45, 2.75) is 78.0 Å². The molecule has 1 aliphatic heterocycles. The lowest BCUT2D eigenvalue weighted by molar-refractivity contribution is -0.148. The van der Waals surface area contributed by atoms with Crippen LogP contribution in [0.1, 0.15) is 71.4 Å². The summed E-state index contributed by atoms with van der Waals surface area (Å²) in [5.74, 6) is 0.435. The van der Waals surface area contributed by atoms with Gasteiger partial charge < -0.3 is 19.9 Å². The molecule has 0 aromatic heterocycles. The van der Waals surface area contributed by atoms with Crippen LogP contribution < -0.4 is 10.1 Å². The molecule has 1 N–H and O–H groups in total. The van der Waals surface area contributed by atoms with Gasteiger partial charge in [-0.05, 0) is 44.3 Å². The minimum Gasteiger partial charge on any atom is -0.480 e. The molecule has 32 heavy (non-hydrogen) atoms. The zero-order chi connectivity index (χ0) is 23.5. The number of hydrogen-bond donors (Lipinski definition) is 1. The SMILES string of the molecule is CC(C)C1Oc2ccccc2C(C(=O)NC2CCCCC2)N(CC(C)(C)CN(C)C)C1=O. The summed E-state index contributed by atoms with van der Waals surface area (Å²) < 4.78 is 6.25. The van der Waals surface area contributed by atoms with Gasteiger partial charge in [0.15, 0.2) is 6.10 Å². The maximum absolute atomic E-state index is 13.8. The lowest BCUT2D eigenvalue weighted by Gasteiger charge is -2.39. The van der Waals surface area contributed by atoms with E-state index in [0.717, 1.165) is 37.8 Å². The van der Waals surface area contributed by atoms with Crippen LogP contribution >= 0.6 is 0 Å². The van der Waals surface area contributed by atoms with Crippen molar-refractivity contribution in [1.82, 2.24) is 15.1 Å². The first kappa shape index (κ1) is 24.6. The zero-order valence-electron chi connectivity index (χ0n) is 20.7. The molecule has 0 saturated heterocycles. The molecule has 1 saturated carbocycles. The summed E-state index contributed by atoms with van der Waals surface area (Å²) in [5.41, 5.74) is 0.585. The number of ether oxygens (including phenoxy) is 1. The summed E-state index contributed by atoms with van der Waals surface area (Å²) in [6.45, 7) is 9.58. The molecule has 6 heteroatoms. The smallest absolute Gasteiger partial charge is 0.264 e. The standard InChI is InChI=1S/C26H41N3O3/c1-18(2)23-25(31)29(17-26(3,4)16-28(5)6)22(20-14-10-11-15-21(20)32-23)24(30)27-19-12-8-7-9-13-19/h10-11,14-15,18-19,22-23H,7-9,12-13,16-17H2,1-6H3,(H,27,30). The molecule has 6 nitrogen and oxygen atoms in total. The van der Waals surface area contributed by atoms with Gasteiger partial charge in [-0.1, -0.05) is 65.2 Å². The molecule has 0 spiro atoms. The van der Waals surface area contributed by atoms with E-state index >= 15 is 0 Å². The second-order valence-electron chi connectivity index (χ2n) is 10.9. The van der Waals surface area contributed by atoms with Gasteiger partial charge in [-0.25, -0.2) is 0 Å². The summed E-state index contributed by atoms with van der Waals surface area (Å²) in [4.78, 5) is 31.5. The molecule has 1 fully saturated rings. The van der Waals surface area contributed by atoms with E-state index in [9.17, 15) is 9.59 Å². The van der Waals surface area contributed by atoms with Crippen LogP contribution in [-0.2, 0) is 9.59 Å². The molecule has 2 aliphatic rings. The molecule has 1 aliphatic carbocycles. The minimum absolute atomic E-state index is 0.00447. The van der Waals surface area contributed by atoms with E-state index in [2.05, 4.69) is 24.1 Å². The largest absolute Gasteiger partial charge is 0.480 e. The third kappa shape index (κ3) is 5.83. The van der Waals surface area contributed by atoms with Gasteiger partial charge in [-0.2, -0.15) is 0 Å². The van der Waals surface area contributed by atoms with Crippen LogP contribution in [0.25, 0.3) is 0 Å². The third-order valence-electron chi connectivity index (χ3n) is 6.45. The van der Waals surface area contributed by atoms with Crippen molar-refractivity contribution in [2.24, 2.45) is 11.3 Å². The van der Waals surface area contributed by atoms with Gasteiger partial charge in [0.1, 0.15) is 11.8 Å². The Labute approximate surface area is 193 Å². The Kier molecular flexibility index (Phi) is 7.86. The average molecular weight is 444 g/mol. The Balaban J connectivity index is 2.02. The molecule has 178 valence electrons. The van der Waals surface area contributed by atoms with Crippen LogP contribution in [0.15, 0.2) is 24.3 Å². The third-order valence-corrected chi connectivity index (χ3v) is 6.45. The van der Waals surface area contributed by atoms with Crippen LogP contribution in [0.5, 0.6) is 5.75 Å². The predicted molar refractivity (Wildman–Crippen MR) is 128 cm³/mol. The normalized spacial score (nSPS) is 22.5. The van der Waals surface area contributed by atoms with Crippen molar-refractivity contribution in [2.75, 3.05) is 27.2 Å². The Morgan fingerprint density at radius 2 is 1.84 bits per heavy atom. The molecular formula is C26H41N3O3. The molecule has 3 rings (SSSR count). The molecule has 2 amide bonds. The Morgan fingerprint density at radius 3 is 2.47 bits per heavy atom. The summed E-state index contributed by atoms with van der Waals surface area (Å²) in [6.07, 6.45) is 4.91. The zero-order valence-corrected chi connectivity index (χ0v) is 20.7. The number of hydrogen-bond acceptors (Lipinski definition) is 4. The topological polar surface area (TPSA) is 61.9 Å². The van der Waals surface area contributed by atoms with E-state index < -0.39 is 12.1 Å². The maximum Gasteiger partial charge on any atom is 0.264 e. The van der Waals surface area contributed by atoms with Gasteiger partial charge in [0.05, 0.1) is 0 Å². The maximum atomic E-state index is 13.8. The van der Waals surface area contributed by atoms with E-state index in [1.807, 2.05) is 52.2 Å². The lowest BCUT2D eigenvalue weighted by atomic mass is 9.89. The van der Waals surface area contributed by atoms with Gasteiger partial charge in [0.2, 0.25) is 5.91 Å². The molecule has 1 aromatic rings. The number of rotatable bonds is 7. The molecule has 2 unspecified atom stereocenters. The summed E-state index contributed by atoms with van der Waals surface area (Å²) in [6, 6.07) is 7.14. The number of carbonyl (C=O) groups excluding carboxylic acids is 2. The van der Waals surface area contributed by atoms with Crippen LogP contribution in [0.3, 0.4) is 0 Å². The fourth-order valence-corrected chi connectivity index (χ4v) is 5.23. The lowest BCUT2D eigenvalue weighted by Crippen LogP contribution is -2.53. The monoisotopic (exact) mass is 443 g/mol. The second kappa shape index (κ2) is 10.2. The highest BCUT2D eigenvalue weighted by Gasteiger charge is 2.44. The molecule has 0 radical (unpaired) electrons. The molecule has 2 atom stereocenters. The fourth-order valence-electron chi connectivity index (χ4n) is 5.23. The number of amides is 2. The van der Waals surface area contributed by atoms with E-state index in [-0.39, 0.29) is 29.2 Å². The van der Waals surface area contributed by atoms with E-state index in [1.165, 1.54) is 6.42 Å². The molecule has 1 heterocycles. The van der Waals surface area contributed by atoms with Crippen LogP contribution in [0.2, 0.25) is 0 Å². The summed E-state index contributed by atoms with van der Waals surface area (Å²) in [7, 11) is 4.07. The van der Waals surface area contributed by atoms with Crippen LogP contribution in [0.4, 0.5) is 0 Å². The number of fused-ring (bicyclic) bond motifs is 1. The van der Waals surface area contributed by atoms with Crippen molar-refractivity contribution >= 4 is 11.8 Å². The average Bonchev–Trinajstić information content (AvgIpc) is 2.82. The highest BCUT2D eigenvalue weighted by Crippen LogP contribution is 2.38. The number of carbonyl (C=O) groups is 2. The van der Waals surface area contributed by atoms with Gasteiger partial charge in [-0.15, -0.1) is 0 Å². The van der Waals surface area contributed by atoms with E-state index in [0.29, 0.717) is 12.3 Å².